The molecule has 9 heteroatoms. The van der Waals surface area contributed by atoms with E-state index in [1.807, 2.05) is 10.8 Å². The van der Waals surface area contributed by atoms with Crippen molar-refractivity contribution in [3.05, 3.63) is 50.7 Å². The molecule has 7 nitrogen and oxygen atoms in total. The van der Waals surface area contributed by atoms with E-state index in [-0.39, 0.29) is 22.8 Å². The predicted octanol–water partition coefficient (Wildman–Crippen LogP) is 2.18. The van der Waals surface area contributed by atoms with E-state index in [9.17, 15) is 18.5 Å². The minimum absolute atomic E-state index is 0.136. The summed E-state index contributed by atoms with van der Waals surface area (Å²) in [6.45, 7) is 0.146. The average molecular weight is 327 g/mol. The molecule has 112 valence electrons. The Bertz CT molecular complexity index is 742. The number of hydrogen-bond acceptors (Lipinski definition) is 6. The summed E-state index contributed by atoms with van der Waals surface area (Å²) < 4.78 is 26.7. The van der Waals surface area contributed by atoms with Gasteiger partial charge in [0.15, 0.2) is 0 Å². The molecule has 2 rings (SSSR count). The zero-order chi connectivity index (χ0) is 15.5. The van der Waals surface area contributed by atoms with Crippen LogP contribution in [0.1, 0.15) is 5.56 Å². The molecule has 0 unspecified atom stereocenters. The lowest BCUT2D eigenvalue weighted by Gasteiger charge is -2.08. The normalized spacial score (nSPS) is 11.3. The topological polar surface area (TPSA) is 101 Å². The highest BCUT2D eigenvalue weighted by molar-refractivity contribution is 7.89. The molecule has 0 aliphatic rings. The maximum atomic E-state index is 12.2. The first-order valence-electron chi connectivity index (χ1n) is 5.91. The lowest BCUT2D eigenvalue weighted by Crippen LogP contribution is -2.23. The maximum absolute atomic E-state index is 12.2. The second-order valence-electron chi connectivity index (χ2n) is 4.14. The summed E-state index contributed by atoms with van der Waals surface area (Å²) in [7, 11) is -2.26. The lowest BCUT2D eigenvalue weighted by molar-refractivity contribution is -0.384. The van der Waals surface area contributed by atoms with Crippen molar-refractivity contribution < 1.29 is 13.3 Å². The van der Waals surface area contributed by atoms with Crippen molar-refractivity contribution in [1.29, 1.82) is 0 Å². The van der Waals surface area contributed by atoms with Gasteiger partial charge in [-0.3, -0.25) is 10.1 Å². The molecule has 1 aromatic carbocycles. The number of nitro groups is 1. The first kappa shape index (κ1) is 15.4. The van der Waals surface area contributed by atoms with Crippen LogP contribution in [-0.4, -0.2) is 20.4 Å². The summed E-state index contributed by atoms with van der Waals surface area (Å²) >= 11 is 1.46. The minimum atomic E-state index is -3.79. The molecular weight excluding hydrogens is 314 g/mol. The van der Waals surface area contributed by atoms with E-state index in [0.29, 0.717) is 0 Å². The molecule has 1 aromatic heterocycles. The molecule has 0 aliphatic heterocycles. The fourth-order valence-electron chi connectivity index (χ4n) is 1.70. The Morgan fingerprint density at radius 2 is 2.10 bits per heavy atom. The number of anilines is 1. The van der Waals surface area contributed by atoms with Crippen molar-refractivity contribution in [2.24, 2.45) is 0 Å². The summed E-state index contributed by atoms with van der Waals surface area (Å²) in [5, 5.41) is 17.3. The zero-order valence-corrected chi connectivity index (χ0v) is 12.7. The summed E-state index contributed by atoms with van der Waals surface area (Å²) in [6.07, 6.45) is 0. The third-order valence-corrected chi connectivity index (χ3v) is 4.92. The van der Waals surface area contributed by atoms with Gasteiger partial charge in [0.25, 0.3) is 5.69 Å². The van der Waals surface area contributed by atoms with Crippen LogP contribution in [0.15, 0.2) is 39.9 Å². The van der Waals surface area contributed by atoms with Crippen molar-refractivity contribution in [3.8, 4) is 0 Å². The quantitative estimate of drug-likeness (QED) is 0.625. The molecule has 2 aromatic rings. The molecule has 0 saturated heterocycles. The van der Waals surface area contributed by atoms with Gasteiger partial charge < -0.3 is 5.32 Å². The molecule has 0 fully saturated rings. The summed E-state index contributed by atoms with van der Waals surface area (Å²) in [6, 6.07) is 5.55. The highest BCUT2D eigenvalue weighted by Gasteiger charge is 2.20. The smallest absolute Gasteiger partial charge is 0.293 e. The Balaban J connectivity index is 2.27. The molecule has 2 N–H and O–H groups in total. The number of hydrogen-bond donors (Lipinski definition) is 2. The van der Waals surface area contributed by atoms with E-state index >= 15 is 0 Å². The van der Waals surface area contributed by atoms with E-state index in [2.05, 4.69) is 10.0 Å². The lowest BCUT2D eigenvalue weighted by atomic mass is 10.3. The van der Waals surface area contributed by atoms with E-state index < -0.39 is 14.9 Å². The van der Waals surface area contributed by atoms with Crippen LogP contribution in [0, 0.1) is 10.1 Å². The van der Waals surface area contributed by atoms with Gasteiger partial charge in [-0.25, -0.2) is 13.1 Å². The van der Waals surface area contributed by atoms with Crippen LogP contribution in [0.25, 0.3) is 0 Å². The van der Waals surface area contributed by atoms with Gasteiger partial charge in [-0.1, -0.05) is 0 Å². The molecule has 0 atom stereocenters. The highest BCUT2D eigenvalue weighted by atomic mass is 32.2. The summed E-state index contributed by atoms with van der Waals surface area (Å²) in [5.41, 5.74) is 0.817. The number of nitrogens with one attached hydrogen (secondary N) is 2. The zero-order valence-electron chi connectivity index (χ0n) is 11.1. The third-order valence-electron chi connectivity index (χ3n) is 2.79. The standard InChI is InChI=1S/C12H13N3O4S2/c1-13-11-3-2-10(6-12(11)15(16)17)21(18,19)14-7-9-4-5-20-8-9/h2-6,8,13-14H,7H2,1H3. The van der Waals surface area contributed by atoms with Gasteiger partial charge in [0.05, 0.1) is 9.82 Å². The van der Waals surface area contributed by atoms with Gasteiger partial charge in [0, 0.05) is 19.7 Å². The minimum Gasteiger partial charge on any atom is -0.383 e. The first-order chi connectivity index (χ1) is 9.94. The van der Waals surface area contributed by atoms with Crippen molar-refractivity contribution in [2.45, 2.75) is 11.4 Å². The van der Waals surface area contributed by atoms with Crippen LogP contribution in [0.5, 0.6) is 0 Å². The van der Waals surface area contributed by atoms with Gasteiger partial charge in [-0.2, -0.15) is 11.3 Å². The van der Waals surface area contributed by atoms with E-state index in [1.54, 1.807) is 6.07 Å². The van der Waals surface area contributed by atoms with Crippen LogP contribution in [0.3, 0.4) is 0 Å². The van der Waals surface area contributed by atoms with E-state index in [4.69, 9.17) is 0 Å². The van der Waals surface area contributed by atoms with Crippen LogP contribution in [0.4, 0.5) is 11.4 Å². The number of nitro benzene ring substituents is 1. The average Bonchev–Trinajstić information content (AvgIpc) is 2.97. The second kappa shape index (κ2) is 6.20. The molecule has 0 bridgehead atoms. The van der Waals surface area contributed by atoms with Crippen molar-refractivity contribution >= 4 is 32.7 Å². The number of nitrogens with zero attached hydrogens (tertiary/aromatic N) is 1. The SMILES string of the molecule is CNc1ccc(S(=O)(=O)NCc2ccsc2)cc1[N+](=O)[O-]. The van der Waals surface area contributed by atoms with E-state index in [0.717, 1.165) is 11.6 Å². The molecular formula is C12H13N3O4S2. The van der Waals surface area contributed by atoms with Gasteiger partial charge in [-0.05, 0) is 34.5 Å². The Morgan fingerprint density at radius 3 is 2.67 bits per heavy atom. The summed E-state index contributed by atoms with van der Waals surface area (Å²) in [5.74, 6) is 0. The molecule has 0 spiro atoms. The summed E-state index contributed by atoms with van der Waals surface area (Å²) in [4.78, 5) is 10.2. The molecule has 21 heavy (non-hydrogen) atoms. The Hall–Kier alpha value is -1.97. The molecule has 0 amide bonds. The van der Waals surface area contributed by atoms with Gasteiger partial charge >= 0.3 is 0 Å². The third kappa shape index (κ3) is 3.57. The first-order valence-corrected chi connectivity index (χ1v) is 8.33. The second-order valence-corrected chi connectivity index (χ2v) is 6.69. The maximum Gasteiger partial charge on any atom is 0.293 e. The highest BCUT2D eigenvalue weighted by Crippen LogP contribution is 2.27. The van der Waals surface area contributed by atoms with Crippen molar-refractivity contribution in [3.63, 3.8) is 0 Å². The molecule has 0 radical (unpaired) electrons. The van der Waals surface area contributed by atoms with Gasteiger partial charge in [-0.15, -0.1) is 0 Å². The molecule has 1 heterocycles. The van der Waals surface area contributed by atoms with Crippen LogP contribution >= 0.6 is 11.3 Å². The fraction of sp³-hybridized carbons (Fsp3) is 0.167. The van der Waals surface area contributed by atoms with Crippen LogP contribution < -0.4 is 10.0 Å². The van der Waals surface area contributed by atoms with E-state index in [1.165, 1.54) is 30.5 Å². The van der Waals surface area contributed by atoms with Crippen LogP contribution in [-0.2, 0) is 16.6 Å². The van der Waals surface area contributed by atoms with Gasteiger partial charge in [0.2, 0.25) is 10.0 Å². The monoisotopic (exact) mass is 327 g/mol. The predicted molar refractivity (Wildman–Crippen MR) is 81.0 cm³/mol. The molecule has 0 saturated carbocycles. The molecule has 0 aliphatic carbocycles. The Kier molecular flexibility index (Phi) is 4.56. The fourth-order valence-corrected chi connectivity index (χ4v) is 3.40. The number of sulfonamides is 1. The van der Waals surface area contributed by atoms with Crippen molar-refractivity contribution in [2.75, 3.05) is 12.4 Å². The van der Waals surface area contributed by atoms with Gasteiger partial charge in [0.1, 0.15) is 5.69 Å². The number of thiophene rings is 1. The Morgan fingerprint density at radius 1 is 1.33 bits per heavy atom. The number of benzene rings is 1. The van der Waals surface area contributed by atoms with Crippen molar-refractivity contribution in [1.82, 2.24) is 4.72 Å². The van der Waals surface area contributed by atoms with Crippen LogP contribution in [0.2, 0.25) is 0 Å². The number of rotatable bonds is 6. The Labute approximate surface area is 125 Å². The largest absolute Gasteiger partial charge is 0.383 e.